The van der Waals surface area contributed by atoms with E-state index in [1.807, 2.05) is 36.4 Å². The number of benzene rings is 2. The fourth-order valence-corrected chi connectivity index (χ4v) is 1.76. The number of hydrogen-bond donors (Lipinski definition) is 0. The first-order chi connectivity index (χ1) is 8.43. The van der Waals surface area contributed by atoms with Crippen LogP contribution in [0.4, 0.5) is 0 Å². The van der Waals surface area contributed by atoms with Crippen LogP contribution in [0.15, 0.2) is 65.5 Å². The fourth-order valence-electron chi connectivity index (χ4n) is 1.76. The number of aromatic nitrogens is 1. The second-order valence-corrected chi connectivity index (χ2v) is 3.73. The van der Waals surface area contributed by atoms with E-state index in [-0.39, 0.29) is 0 Å². The predicted octanol–water partition coefficient (Wildman–Crippen LogP) is 3.81. The van der Waals surface area contributed by atoms with Crippen molar-refractivity contribution in [3.05, 3.63) is 67.2 Å². The van der Waals surface area contributed by atoms with Crippen LogP contribution in [0.1, 0.15) is 0 Å². The molecule has 2 heteroatoms. The molecule has 1 heterocycles. The lowest BCUT2D eigenvalue weighted by Crippen LogP contribution is -1.78. The minimum Gasteiger partial charge on any atom is -0.444 e. The summed E-state index contributed by atoms with van der Waals surface area (Å²) < 4.78 is 5.25. The highest BCUT2D eigenvalue weighted by Gasteiger charge is 2.01. The van der Waals surface area contributed by atoms with E-state index in [1.54, 1.807) is 6.20 Å². The molecule has 81 valence electrons. The van der Waals surface area contributed by atoms with Gasteiger partial charge in [0.1, 0.15) is 0 Å². The minimum absolute atomic E-state index is 0.790. The Hall–Kier alpha value is -2.35. The van der Waals surface area contributed by atoms with Crippen molar-refractivity contribution in [2.45, 2.75) is 0 Å². The van der Waals surface area contributed by atoms with E-state index >= 15 is 0 Å². The first-order valence-corrected chi connectivity index (χ1v) is 5.39. The zero-order chi connectivity index (χ0) is 11.5. The average Bonchev–Trinajstić information content (AvgIpc) is 2.94. The molecule has 0 bridgehead atoms. The van der Waals surface area contributed by atoms with Crippen molar-refractivity contribution in [3.63, 3.8) is 0 Å². The van der Waals surface area contributed by atoms with E-state index in [4.69, 9.17) is 4.42 Å². The summed E-state index contributed by atoms with van der Waals surface area (Å²) in [4.78, 5) is 3.91. The standard InChI is InChI=1S/C15H10NO/c1-2-4-12(5-3-1)13-6-8-14(9-7-13)15-10-16-11-17-15/h2-11H. The maximum atomic E-state index is 5.25. The summed E-state index contributed by atoms with van der Waals surface area (Å²) in [6, 6.07) is 19.2. The van der Waals surface area contributed by atoms with Gasteiger partial charge in [-0.05, 0) is 17.2 Å². The molecule has 2 aromatic carbocycles. The molecule has 17 heavy (non-hydrogen) atoms. The molecule has 0 N–H and O–H groups in total. The first kappa shape index (κ1) is 9.85. The van der Waals surface area contributed by atoms with Crippen LogP contribution in [-0.2, 0) is 0 Å². The summed E-state index contributed by atoms with van der Waals surface area (Å²) in [7, 11) is 0. The maximum Gasteiger partial charge on any atom is 0.181 e. The second kappa shape index (κ2) is 4.26. The molecule has 3 rings (SSSR count). The van der Waals surface area contributed by atoms with Crippen LogP contribution in [0, 0.1) is 6.07 Å². The summed E-state index contributed by atoms with van der Waals surface area (Å²) in [5.74, 6) is 0.790. The lowest BCUT2D eigenvalue weighted by atomic mass is 10.0. The van der Waals surface area contributed by atoms with Gasteiger partial charge in [0.05, 0.1) is 6.20 Å². The molecule has 0 aliphatic rings. The van der Waals surface area contributed by atoms with Crippen molar-refractivity contribution in [2.24, 2.45) is 0 Å². The number of oxazole rings is 1. The summed E-state index contributed by atoms with van der Waals surface area (Å²) in [6.45, 7) is 0. The van der Waals surface area contributed by atoms with Crippen molar-refractivity contribution >= 4 is 0 Å². The van der Waals surface area contributed by atoms with E-state index in [9.17, 15) is 0 Å². The monoisotopic (exact) mass is 220 g/mol. The third-order valence-electron chi connectivity index (χ3n) is 2.65. The van der Waals surface area contributed by atoms with Crippen molar-refractivity contribution in [2.75, 3.05) is 0 Å². The second-order valence-electron chi connectivity index (χ2n) is 3.73. The Morgan fingerprint density at radius 2 is 1.47 bits per heavy atom. The SMILES string of the molecule is [c]1ccc(-c2ccc(-c3cnco3)cc2)cc1. The molecule has 0 aliphatic heterocycles. The third kappa shape index (κ3) is 1.97. The quantitative estimate of drug-likeness (QED) is 0.656. The van der Waals surface area contributed by atoms with Gasteiger partial charge in [0.25, 0.3) is 0 Å². The van der Waals surface area contributed by atoms with Gasteiger partial charge >= 0.3 is 0 Å². The molecule has 2 nitrogen and oxygen atoms in total. The van der Waals surface area contributed by atoms with Gasteiger partial charge < -0.3 is 4.42 Å². The number of nitrogens with zero attached hydrogens (tertiary/aromatic N) is 1. The fraction of sp³-hybridized carbons (Fsp3) is 0. The minimum atomic E-state index is 0.790. The molecule has 0 atom stereocenters. The predicted molar refractivity (Wildman–Crippen MR) is 66.2 cm³/mol. The van der Waals surface area contributed by atoms with Gasteiger partial charge in [0.15, 0.2) is 12.2 Å². The number of rotatable bonds is 2. The van der Waals surface area contributed by atoms with Crippen LogP contribution in [0.25, 0.3) is 22.5 Å². The Kier molecular flexibility index (Phi) is 2.47. The molecular weight excluding hydrogens is 210 g/mol. The molecule has 0 saturated carbocycles. The summed E-state index contributed by atoms with van der Waals surface area (Å²) in [5, 5.41) is 0. The van der Waals surface area contributed by atoms with Gasteiger partial charge in [-0.25, -0.2) is 4.98 Å². The van der Waals surface area contributed by atoms with Crippen LogP contribution in [0.5, 0.6) is 0 Å². The highest BCUT2D eigenvalue weighted by Crippen LogP contribution is 2.24. The van der Waals surface area contributed by atoms with E-state index in [1.165, 1.54) is 17.5 Å². The van der Waals surface area contributed by atoms with Gasteiger partial charge in [0.2, 0.25) is 0 Å². The van der Waals surface area contributed by atoms with E-state index < -0.39 is 0 Å². The van der Waals surface area contributed by atoms with E-state index in [0.29, 0.717) is 0 Å². The molecule has 0 unspecified atom stereocenters. The Balaban J connectivity index is 1.96. The summed E-state index contributed by atoms with van der Waals surface area (Å²) in [5.41, 5.74) is 3.41. The molecule has 0 spiro atoms. The molecule has 0 amide bonds. The van der Waals surface area contributed by atoms with Crippen LogP contribution >= 0.6 is 0 Å². The summed E-state index contributed by atoms with van der Waals surface area (Å²) in [6.07, 6.45) is 3.16. The number of hydrogen-bond acceptors (Lipinski definition) is 2. The molecule has 0 aliphatic carbocycles. The Labute approximate surface area is 99.6 Å². The van der Waals surface area contributed by atoms with Gasteiger partial charge in [-0.2, -0.15) is 0 Å². The highest BCUT2D eigenvalue weighted by atomic mass is 16.3. The lowest BCUT2D eigenvalue weighted by Gasteiger charge is -2.02. The average molecular weight is 220 g/mol. The van der Waals surface area contributed by atoms with Crippen molar-refractivity contribution in [3.8, 4) is 22.5 Å². The van der Waals surface area contributed by atoms with E-state index in [0.717, 1.165) is 11.3 Å². The largest absolute Gasteiger partial charge is 0.444 e. The lowest BCUT2D eigenvalue weighted by molar-refractivity contribution is 0.572. The summed E-state index contributed by atoms with van der Waals surface area (Å²) >= 11 is 0. The Morgan fingerprint density at radius 1 is 0.824 bits per heavy atom. The molecule has 0 fully saturated rings. The third-order valence-corrected chi connectivity index (χ3v) is 2.65. The molecule has 3 aromatic rings. The zero-order valence-corrected chi connectivity index (χ0v) is 9.13. The Bertz CT molecular complexity index is 583. The zero-order valence-electron chi connectivity index (χ0n) is 9.13. The molecule has 1 aromatic heterocycles. The van der Waals surface area contributed by atoms with Crippen molar-refractivity contribution in [1.82, 2.24) is 4.98 Å². The highest BCUT2D eigenvalue weighted by molar-refractivity contribution is 5.67. The van der Waals surface area contributed by atoms with Gasteiger partial charge in [0, 0.05) is 5.56 Å². The van der Waals surface area contributed by atoms with Crippen LogP contribution in [0.3, 0.4) is 0 Å². The van der Waals surface area contributed by atoms with E-state index in [2.05, 4.69) is 23.2 Å². The molecule has 0 saturated heterocycles. The van der Waals surface area contributed by atoms with Crippen molar-refractivity contribution < 1.29 is 4.42 Å². The Morgan fingerprint density at radius 3 is 2.12 bits per heavy atom. The van der Waals surface area contributed by atoms with Crippen LogP contribution < -0.4 is 0 Å². The first-order valence-electron chi connectivity index (χ1n) is 5.39. The van der Waals surface area contributed by atoms with Crippen molar-refractivity contribution in [1.29, 1.82) is 0 Å². The molecular formula is C15H10NO. The maximum absolute atomic E-state index is 5.25. The smallest absolute Gasteiger partial charge is 0.181 e. The van der Waals surface area contributed by atoms with Gasteiger partial charge in [-0.3, -0.25) is 0 Å². The molecule has 1 radical (unpaired) electrons. The van der Waals surface area contributed by atoms with Gasteiger partial charge in [-0.1, -0.05) is 48.5 Å². The van der Waals surface area contributed by atoms with Crippen LogP contribution in [0.2, 0.25) is 0 Å². The van der Waals surface area contributed by atoms with Crippen LogP contribution in [-0.4, -0.2) is 4.98 Å². The topological polar surface area (TPSA) is 26.0 Å². The normalized spacial score (nSPS) is 10.4. The van der Waals surface area contributed by atoms with Gasteiger partial charge in [-0.15, -0.1) is 0 Å².